The Kier molecular flexibility index (Phi) is 6.75. The Morgan fingerprint density at radius 1 is 1.19 bits per heavy atom. The normalized spacial score (nSPS) is 47.2. The molecular formula is C26H40O6. The van der Waals surface area contributed by atoms with Crippen LogP contribution in [0.5, 0.6) is 0 Å². The summed E-state index contributed by atoms with van der Waals surface area (Å²) in [6.45, 7) is 12.7. The van der Waals surface area contributed by atoms with E-state index in [2.05, 4.69) is 33.8 Å². The molecule has 3 aliphatic heterocycles. The number of ether oxygens (including phenoxy) is 4. The highest BCUT2D eigenvalue weighted by atomic mass is 16.6. The highest BCUT2D eigenvalue weighted by molar-refractivity contribution is 5.69. The van der Waals surface area contributed by atoms with Gasteiger partial charge in [-0.1, -0.05) is 32.4 Å². The number of hydrogen-bond acceptors (Lipinski definition) is 6. The summed E-state index contributed by atoms with van der Waals surface area (Å²) in [5, 5.41) is 0. The molecule has 0 aromatic heterocycles. The first-order valence-corrected chi connectivity index (χ1v) is 12.5. The summed E-state index contributed by atoms with van der Waals surface area (Å²) in [6, 6.07) is 0. The second-order valence-corrected chi connectivity index (χ2v) is 10.9. The molecule has 0 unspecified atom stereocenters. The zero-order valence-corrected chi connectivity index (χ0v) is 20.5. The molecule has 0 spiro atoms. The Hall–Kier alpha value is -1.40. The van der Waals surface area contributed by atoms with Crippen LogP contribution < -0.4 is 0 Å². The average molecular weight is 449 g/mol. The Labute approximate surface area is 192 Å². The van der Waals surface area contributed by atoms with Gasteiger partial charge >= 0.3 is 11.9 Å². The zero-order chi connectivity index (χ0) is 23.2. The van der Waals surface area contributed by atoms with Gasteiger partial charge in [0.2, 0.25) is 0 Å². The molecule has 32 heavy (non-hydrogen) atoms. The molecule has 1 aliphatic carbocycles. The van der Waals surface area contributed by atoms with Crippen molar-refractivity contribution >= 4 is 11.9 Å². The summed E-state index contributed by atoms with van der Waals surface area (Å²) in [5.74, 6) is 0.984. The number of hydrogen-bond donors (Lipinski definition) is 0. The standard InChI is InChI=1S/C26H40O6/c1-7-8-21(28)32-24-15(3)12-18-16(4)13-29-26(6)20(30-17(5)27)10-9-14(2)11-19-23(24)22(18)25(26)31-19/h9,15-16,18-20,22-25H,7-8,10-13H2,1-6H3/b14-9-/t15-,16+,18+,19-,20-,22+,23+,24-,25+,26+/m1/s1. The Balaban J connectivity index is 1.78. The third-order valence-corrected chi connectivity index (χ3v) is 8.45. The summed E-state index contributed by atoms with van der Waals surface area (Å²) in [5.41, 5.74) is 0.475. The maximum atomic E-state index is 12.6. The summed E-state index contributed by atoms with van der Waals surface area (Å²) in [4.78, 5) is 24.6. The van der Waals surface area contributed by atoms with Crippen molar-refractivity contribution in [2.45, 2.75) is 104 Å². The molecule has 6 nitrogen and oxygen atoms in total. The van der Waals surface area contributed by atoms with E-state index in [1.807, 2.05) is 6.92 Å². The predicted molar refractivity (Wildman–Crippen MR) is 120 cm³/mol. The van der Waals surface area contributed by atoms with Crippen molar-refractivity contribution in [2.24, 2.45) is 29.6 Å². The minimum absolute atomic E-state index is 0.0322. The van der Waals surface area contributed by atoms with Crippen molar-refractivity contribution in [2.75, 3.05) is 6.61 Å². The van der Waals surface area contributed by atoms with Crippen molar-refractivity contribution in [3.05, 3.63) is 11.6 Å². The minimum Gasteiger partial charge on any atom is -0.462 e. The van der Waals surface area contributed by atoms with Crippen LogP contribution in [0.3, 0.4) is 0 Å². The highest BCUT2D eigenvalue weighted by Crippen LogP contribution is 2.57. The van der Waals surface area contributed by atoms with Crippen LogP contribution in [0, 0.1) is 29.6 Å². The maximum Gasteiger partial charge on any atom is 0.306 e. The Morgan fingerprint density at radius 2 is 1.94 bits per heavy atom. The van der Waals surface area contributed by atoms with Gasteiger partial charge in [0.05, 0.1) is 18.8 Å². The molecule has 4 rings (SSSR count). The Bertz CT molecular complexity index is 761. The lowest BCUT2D eigenvalue weighted by Gasteiger charge is -2.47. The van der Waals surface area contributed by atoms with E-state index in [1.165, 1.54) is 12.5 Å². The van der Waals surface area contributed by atoms with Crippen LogP contribution >= 0.6 is 0 Å². The molecule has 1 saturated carbocycles. The predicted octanol–water partition coefficient (Wildman–Crippen LogP) is 4.45. The van der Waals surface area contributed by atoms with Gasteiger partial charge in [-0.3, -0.25) is 9.59 Å². The second-order valence-electron chi connectivity index (χ2n) is 10.9. The topological polar surface area (TPSA) is 71.1 Å². The highest BCUT2D eigenvalue weighted by Gasteiger charge is 2.65. The number of rotatable bonds is 4. The molecule has 4 aliphatic rings. The van der Waals surface area contributed by atoms with Gasteiger partial charge in [0.25, 0.3) is 0 Å². The largest absolute Gasteiger partial charge is 0.462 e. The van der Waals surface area contributed by atoms with Gasteiger partial charge in [-0.25, -0.2) is 0 Å². The zero-order valence-electron chi connectivity index (χ0n) is 20.5. The molecule has 0 N–H and O–H groups in total. The van der Waals surface area contributed by atoms with Gasteiger partial charge in [-0.15, -0.1) is 0 Å². The average Bonchev–Trinajstić information content (AvgIpc) is 3.07. The molecule has 0 aromatic carbocycles. The van der Waals surface area contributed by atoms with Crippen molar-refractivity contribution in [1.82, 2.24) is 0 Å². The lowest BCUT2D eigenvalue weighted by Crippen LogP contribution is -2.57. The van der Waals surface area contributed by atoms with E-state index in [9.17, 15) is 9.59 Å². The lowest BCUT2D eigenvalue weighted by atomic mass is 9.59. The molecule has 2 bridgehead atoms. The quantitative estimate of drug-likeness (QED) is 0.467. The SMILES string of the molecule is CCCC(=O)O[C@H]1[C@@H]2[C@@H]3[C@@H](C[C@H]1C)[C@@H](C)CO[C@@]1(C)[C@H](OC(C)=O)C/C=C(/C)C[C@H]2O[C@@H]31. The van der Waals surface area contributed by atoms with Gasteiger partial charge in [0.1, 0.15) is 17.8 Å². The second kappa shape index (κ2) is 9.09. The van der Waals surface area contributed by atoms with Crippen LogP contribution in [0.15, 0.2) is 11.6 Å². The van der Waals surface area contributed by atoms with E-state index in [4.69, 9.17) is 18.9 Å². The summed E-state index contributed by atoms with van der Waals surface area (Å²) in [6.07, 6.45) is 5.02. The fourth-order valence-electron chi connectivity index (χ4n) is 6.88. The van der Waals surface area contributed by atoms with Crippen LogP contribution in [0.1, 0.15) is 73.6 Å². The summed E-state index contributed by atoms with van der Waals surface area (Å²) < 4.78 is 25.5. The molecule has 10 atom stereocenters. The third-order valence-electron chi connectivity index (χ3n) is 8.45. The van der Waals surface area contributed by atoms with Gasteiger partial charge in [-0.05, 0) is 50.9 Å². The lowest BCUT2D eigenvalue weighted by molar-refractivity contribution is -0.200. The monoisotopic (exact) mass is 448 g/mol. The summed E-state index contributed by atoms with van der Waals surface area (Å²) >= 11 is 0. The molecule has 3 fully saturated rings. The van der Waals surface area contributed by atoms with Crippen LogP contribution in [-0.4, -0.2) is 48.6 Å². The van der Waals surface area contributed by atoms with Crippen molar-refractivity contribution in [1.29, 1.82) is 0 Å². The van der Waals surface area contributed by atoms with Gasteiger partial charge in [0.15, 0.2) is 0 Å². The van der Waals surface area contributed by atoms with E-state index in [0.717, 1.165) is 19.3 Å². The minimum atomic E-state index is -0.744. The molecule has 6 heteroatoms. The molecular weight excluding hydrogens is 408 g/mol. The van der Waals surface area contributed by atoms with Gasteiger partial charge in [-0.2, -0.15) is 0 Å². The van der Waals surface area contributed by atoms with Crippen LogP contribution in [0.2, 0.25) is 0 Å². The van der Waals surface area contributed by atoms with Crippen molar-refractivity contribution in [3.8, 4) is 0 Å². The van der Waals surface area contributed by atoms with Gasteiger partial charge in [0, 0.05) is 31.6 Å². The number of esters is 2. The molecule has 2 saturated heterocycles. The number of fused-ring (bicyclic) bond motifs is 2. The van der Waals surface area contributed by atoms with Crippen LogP contribution in [-0.2, 0) is 28.5 Å². The molecule has 0 radical (unpaired) electrons. The van der Waals surface area contributed by atoms with E-state index in [0.29, 0.717) is 31.3 Å². The number of carbonyl (C=O) groups excluding carboxylic acids is 2. The van der Waals surface area contributed by atoms with E-state index >= 15 is 0 Å². The first kappa shape index (κ1) is 23.7. The van der Waals surface area contributed by atoms with E-state index in [1.54, 1.807) is 0 Å². The van der Waals surface area contributed by atoms with Crippen molar-refractivity contribution < 1.29 is 28.5 Å². The molecule has 3 heterocycles. The smallest absolute Gasteiger partial charge is 0.306 e. The summed E-state index contributed by atoms with van der Waals surface area (Å²) in [7, 11) is 0. The van der Waals surface area contributed by atoms with Crippen molar-refractivity contribution in [3.63, 3.8) is 0 Å². The number of carbonyl (C=O) groups is 2. The fraction of sp³-hybridized carbons (Fsp3) is 0.846. The molecule has 0 amide bonds. The fourth-order valence-corrected chi connectivity index (χ4v) is 6.88. The van der Waals surface area contributed by atoms with E-state index < -0.39 is 11.7 Å². The Morgan fingerprint density at radius 3 is 2.62 bits per heavy atom. The maximum absolute atomic E-state index is 12.6. The molecule has 0 aromatic rings. The van der Waals surface area contributed by atoms with E-state index in [-0.39, 0.29) is 48.0 Å². The van der Waals surface area contributed by atoms with Crippen LogP contribution in [0.4, 0.5) is 0 Å². The third kappa shape index (κ3) is 4.13. The first-order chi connectivity index (χ1) is 15.2. The van der Waals surface area contributed by atoms with Gasteiger partial charge < -0.3 is 18.9 Å². The first-order valence-electron chi connectivity index (χ1n) is 12.5. The molecule has 180 valence electrons. The van der Waals surface area contributed by atoms with Crippen LogP contribution in [0.25, 0.3) is 0 Å².